The van der Waals surface area contributed by atoms with Gasteiger partial charge >= 0.3 is 11.8 Å². The van der Waals surface area contributed by atoms with Crippen molar-refractivity contribution in [3.63, 3.8) is 0 Å². The molecule has 0 saturated heterocycles. The standard InChI is InChI=1S/C20H20N2O4S/c1-13-5-6-16(10-14(13)2)22-19(24)18(23)21-12-20(25,15-7-9-27-11-15)17-4-3-8-26-17/h3-11,25H,12H2,1-2H3,(H,21,23)(H,22,24). The molecule has 7 heteroatoms. The van der Waals surface area contributed by atoms with Gasteiger partial charge in [-0.3, -0.25) is 9.59 Å². The largest absolute Gasteiger partial charge is 0.466 e. The highest BCUT2D eigenvalue weighted by Crippen LogP contribution is 2.31. The Balaban J connectivity index is 1.69. The van der Waals surface area contributed by atoms with Gasteiger partial charge in [-0.15, -0.1) is 0 Å². The molecule has 1 unspecified atom stereocenters. The minimum atomic E-state index is -1.56. The van der Waals surface area contributed by atoms with E-state index in [9.17, 15) is 14.7 Å². The number of thiophene rings is 1. The van der Waals surface area contributed by atoms with Crippen LogP contribution in [0.15, 0.2) is 57.8 Å². The number of furan rings is 1. The zero-order chi connectivity index (χ0) is 19.4. The molecule has 2 heterocycles. The van der Waals surface area contributed by atoms with Crippen LogP contribution >= 0.6 is 11.3 Å². The van der Waals surface area contributed by atoms with Crippen LogP contribution < -0.4 is 10.6 Å². The molecule has 3 N–H and O–H groups in total. The summed E-state index contributed by atoms with van der Waals surface area (Å²) in [5.74, 6) is -1.35. The van der Waals surface area contributed by atoms with E-state index in [0.29, 0.717) is 11.3 Å². The van der Waals surface area contributed by atoms with Crippen molar-refractivity contribution >= 4 is 28.8 Å². The number of benzene rings is 1. The lowest BCUT2D eigenvalue weighted by Crippen LogP contribution is -2.45. The molecule has 2 amide bonds. The average molecular weight is 384 g/mol. The van der Waals surface area contributed by atoms with Gasteiger partial charge in [0.25, 0.3) is 0 Å². The summed E-state index contributed by atoms with van der Waals surface area (Å²) in [5, 5.41) is 19.7. The number of hydrogen-bond donors (Lipinski definition) is 3. The molecular formula is C20H20N2O4S. The molecule has 27 heavy (non-hydrogen) atoms. The minimum Gasteiger partial charge on any atom is -0.466 e. The molecular weight excluding hydrogens is 364 g/mol. The Kier molecular flexibility index (Phi) is 5.43. The third-order valence-electron chi connectivity index (χ3n) is 4.40. The van der Waals surface area contributed by atoms with Gasteiger partial charge in [-0.25, -0.2) is 0 Å². The Morgan fingerprint density at radius 2 is 1.96 bits per heavy atom. The number of hydrogen-bond acceptors (Lipinski definition) is 5. The quantitative estimate of drug-likeness (QED) is 0.590. The number of anilines is 1. The Morgan fingerprint density at radius 1 is 1.15 bits per heavy atom. The minimum absolute atomic E-state index is 0.198. The second-order valence-electron chi connectivity index (χ2n) is 6.29. The zero-order valence-electron chi connectivity index (χ0n) is 15.0. The monoisotopic (exact) mass is 384 g/mol. The third kappa shape index (κ3) is 4.10. The van der Waals surface area contributed by atoms with Gasteiger partial charge in [-0.1, -0.05) is 6.07 Å². The second-order valence-corrected chi connectivity index (χ2v) is 7.07. The van der Waals surface area contributed by atoms with Crippen LogP contribution in [0, 0.1) is 13.8 Å². The number of aliphatic hydroxyl groups is 1. The van der Waals surface area contributed by atoms with E-state index < -0.39 is 17.4 Å². The summed E-state index contributed by atoms with van der Waals surface area (Å²) >= 11 is 1.41. The van der Waals surface area contributed by atoms with Crippen LogP contribution in [-0.4, -0.2) is 23.5 Å². The zero-order valence-corrected chi connectivity index (χ0v) is 15.8. The normalized spacial score (nSPS) is 13.0. The van der Waals surface area contributed by atoms with Crippen LogP contribution in [0.4, 0.5) is 5.69 Å². The molecule has 2 aromatic heterocycles. The van der Waals surface area contributed by atoms with Gasteiger partial charge in [0.15, 0.2) is 5.60 Å². The van der Waals surface area contributed by atoms with Crippen molar-refractivity contribution in [2.24, 2.45) is 0 Å². The van der Waals surface area contributed by atoms with E-state index in [4.69, 9.17) is 4.42 Å². The number of carbonyl (C=O) groups excluding carboxylic acids is 2. The lowest BCUT2D eigenvalue weighted by atomic mass is 9.93. The average Bonchev–Trinajstić information content (AvgIpc) is 3.36. The smallest absolute Gasteiger partial charge is 0.313 e. The summed E-state index contributed by atoms with van der Waals surface area (Å²) < 4.78 is 5.34. The Labute approximate surface area is 160 Å². The van der Waals surface area contributed by atoms with Crippen molar-refractivity contribution in [1.29, 1.82) is 0 Å². The highest BCUT2D eigenvalue weighted by Gasteiger charge is 2.36. The number of nitrogens with one attached hydrogen (secondary N) is 2. The predicted molar refractivity (Wildman–Crippen MR) is 104 cm³/mol. The lowest BCUT2D eigenvalue weighted by molar-refractivity contribution is -0.136. The van der Waals surface area contributed by atoms with Gasteiger partial charge in [0.2, 0.25) is 0 Å². The van der Waals surface area contributed by atoms with E-state index >= 15 is 0 Å². The van der Waals surface area contributed by atoms with Gasteiger partial charge in [0, 0.05) is 11.3 Å². The molecule has 0 aliphatic heterocycles. The Bertz CT molecular complexity index is 899. The molecule has 6 nitrogen and oxygen atoms in total. The van der Waals surface area contributed by atoms with Crippen LogP contribution in [0.1, 0.15) is 22.5 Å². The molecule has 1 atom stereocenters. The molecule has 0 aliphatic rings. The van der Waals surface area contributed by atoms with Crippen molar-refractivity contribution in [1.82, 2.24) is 5.32 Å². The van der Waals surface area contributed by atoms with Crippen LogP contribution in [0.5, 0.6) is 0 Å². The molecule has 140 valence electrons. The number of carbonyl (C=O) groups is 2. The van der Waals surface area contributed by atoms with E-state index in [0.717, 1.165) is 11.1 Å². The van der Waals surface area contributed by atoms with Crippen molar-refractivity contribution < 1.29 is 19.1 Å². The molecule has 0 fully saturated rings. The Morgan fingerprint density at radius 3 is 2.59 bits per heavy atom. The fraction of sp³-hybridized carbons (Fsp3) is 0.200. The van der Waals surface area contributed by atoms with E-state index in [1.54, 1.807) is 35.7 Å². The molecule has 0 radical (unpaired) electrons. The van der Waals surface area contributed by atoms with Gasteiger partial charge in [-0.05, 0) is 66.1 Å². The number of amides is 2. The first-order valence-corrected chi connectivity index (χ1v) is 9.30. The highest BCUT2D eigenvalue weighted by atomic mass is 32.1. The molecule has 3 rings (SSSR count). The first kappa shape index (κ1) is 18.9. The fourth-order valence-corrected chi connectivity index (χ4v) is 3.36. The van der Waals surface area contributed by atoms with Crippen molar-refractivity contribution in [3.05, 3.63) is 75.9 Å². The predicted octanol–water partition coefficient (Wildman–Crippen LogP) is 2.95. The third-order valence-corrected chi connectivity index (χ3v) is 5.09. The van der Waals surface area contributed by atoms with Crippen molar-refractivity contribution in [3.8, 4) is 0 Å². The first-order chi connectivity index (χ1) is 12.9. The van der Waals surface area contributed by atoms with Gasteiger partial charge in [0.1, 0.15) is 5.76 Å². The van der Waals surface area contributed by atoms with Crippen LogP contribution in [0.3, 0.4) is 0 Å². The summed E-state index contributed by atoms with van der Waals surface area (Å²) in [7, 11) is 0. The lowest BCUT2D eigenvalue weighted by Gasteiger charge is -2.25. The van der Waals surface area contributed by atoms with Gasteiger partial charge in [0.05, 0.1) is 12.8 Å². The fourth-order valence-electron chi connectivity index (χ4n) is 2.64. The van der Waals surface area contributed by atoms with Crippen LogP contribution in [-0.2, 0) is 15.2 Å². The van der Waals surface area contributed by atoms with Crippen LogP contribution in [0.2, 0.25) is 0 Å². The molecule has 0 spiro atoms. The highest BCUT2D eigenvalue weighted by molar-refractivity contribution is 7.08. The van der Waals surface area contributed by atoms with Crippen molar-refractivity contribution in [2.45, 2.75) is 19.4 Å². The second kappa shape index (κ2) is 7.77. The van der Waals surface area contributed by atoms with E-state index in [-0.39, 0.29) is 12.3 Å². The summed E-state index contributed by atoms with van der Waals surface area (Å²) in [5.41, 5.74) is 1.67. The molecule has 3 aromatic rings. The number of aryl methyl sites for hydroxylation is 2. The SMILES string of the molecule is Cc1ccc(NC(=O)C(=O)NCC(O)(c2ccsc2)c2ccco2)cc1C. The van der Waals surface area contributed by atoms with E-state index in [1.807, 2.05) is 25.3 Å². The molecule has 0 saturated carbocycles. The summed E-state index contributed by atoms with van der Waals surface area (Å²) in [6.45, 7) is 3.69. The molecule has 0 aliphatic carbocycles. The maximum atomic E-state index is 12.2. The van der Waals surface area contributed by atoms with Gasteiger partial charge in [-0.2, -0.15) is 11.3 Å². The maximum absolute atomic E-state index is 12.2. The molecule has 0 bridgehead atoms. The van der Waals surface area contributed by atoms with Gasteiger partial charge < -0.3 is 20.2 Å². The summed E-state index contributed by atoms with van der Waals surface area (Å²) in [6, 6.07) is 10.4. The van der Waals surface area contributed by atoms with E-state index in [2.05, 4.69) is 10.6 Å². The van der Waals surface area contributed by atoms with Crippen molar-refractivity contribution in [2.75, 3.05) is 11.9 Å². The summed E-state index contributed by atoms with van der Waals surface area (Å²) in [4.78, 5) is 24.4. The summed E-state index contributed by atoms with van der Waals surface area (Å²) in [6.07, 6.45) is 1.45. The van der Waals surface area contributed by atoms with E-state index in [1.165, 1.54) is 17.6 Å². The topological polar surface area (TPSA) is 91.6 Å². The molecule has 1 aromatic carbocycles. The first-order valence-electron chi connectivity index (χ1n) is 8.35. The number of rotatable bonds is 5. The Hall–Kier alpha value is -2.90. The van der Waals surface area contributed by atoms with Crippen LogP contribution in [0.25, 0.3) is 0 Å². The maximum Gasteiger partial charge on any atom is 0.313 e.